The normalized spacial score (nSPS) is 10.5. The third-order valence-electron chi connectivity index (χ3n) is 3.81. The van der Waals surface area contributed by atoms with E-state index in [0.717, 1.165) is 0 Å². The fraction of sp³-hybridized carbons (Fsp3) is 0. The summed E-state index contributed by atoms with van der Waals surface area (Å²) in [5, 5.41) is 6.74. The number of rotatable bonds is 5. The Kier molecular flexibility index (Phi) is 7.37. The Labute approximate surface area is 187 Å². The van der Waals surface area contributed by atoms with Crippen molar-refractivity contribution in [3.8, 4) is 5.75 Å². The number of carbonyl (C=O) groups is 3. The zero-order valence-corrected chi connectivity index (χ0v) is 17.4. The highest BCUT2D eigenvalue weighted by Gasteiger charge is 2.13. The molecule has 3 aromatic carbocycles. The van der Waals surface area contributed by atoms with Crippen LogP contribution in [0.15, 0.2) is 77.9 Å². The van der Waals surface area contributed by atoms with Gasteiger partial charge >= 0.3 is 17.8 Å². The number of nitrogens with zero attached hydrogens (tertiary/aromatic N) is 1. The molecule has 31 heavy (non-hydrogen) atoms. The number of nitrogens with one attached hydrogen (secondary N) is 2. The molecule has 156 valence electrons. The lowest BCUT2D eigenvalue weighted by molar-refractivity contribution is -0.136. The van der Waals surface area contributed by atoms with Gasteiger partial charge in [0.05, 0.1) is 11.8 Å². The maximum Gasteiger partial charge on any atom is 0.343 e. The minimum Gasteiger partial charge on any atom is -0.423 e. The molecule has 0 bridgehead atoms. The number of ether oxygens (including phenoxy) is 1. The minimum absolute atomic E-state index is 0.280. The fourth-order valence-electron chi connectivity index (χ4n) is 2.39. The highest BCUT2D eigenvalue weighted by atomic mass is 35.5. The lowest BCUT2D eigenvalue weighted by Gasteiger charge is -2.05. The van der Waals surface area contributed by atoms with E-state index in [2.05, 4.69) is 15.8 Å². The Hall–Kier alpha value is -3.68. The van der Waals surface area contributed by atoms with Crippen LogP contribution in [0.2, 0.25) is 10.0 Å². The maximum atomic E-state index is 12.0. The van der Waals surface area contributed by atoms with E-state index in [1.807, 2.05) is 0 Å². The van der Waals surface area contributed by atoms with E-state index in [-0.39, 0.29) is 5.69 Å². The van der Waals surface area contributed by atoms with Crippen molar-refractivity contribution in [2.24, 2.45) is 5.10 Å². The number of amides is 2. The fourth-order valence-corrected chi connectivity index (χ4v) is 2.92. The molecule has 0 aliphatic rings. The molecule has 3 rings (SSSR count). The summed E-state index contributed by atoms with van der Waals surface area (Å²) >= 11 is 11.7. The summed E-state index contributed by atoms with van der Waals surface area (Å²) in [5.41, 5.74) is 3.45. The van der Waals surface area contributed by atoms with Crippen LogP contribution in [0.4, 0.5) is 5.69 Å². The van der Waals surface area contributed by atoms with Crippen molar-refractivity contribution in [3.05, 3.63) is 94.0 Å². The summed E-state index contributed by atoms with van der Waals surface area (Å²) in [6.07, 6.45) is 1.34. The molecule has 0 radical (unpaired) electrons. The monoisotopic (exact) mass is 455 g/mol. The van der Waals surface area contributed by atoms with Gasteiger partial charge in [-0.1, -0.05) is 41.4 Å². The second-order valence-corrected chi connectivity index (χ2v) is 7.01. The van der Waals surface area contributed by atoms with Gasteiger partial charge in [-0.15, -0.1) is 0 Å². The summed E-state index contributed by atoms with van der Waals surface area (Å²) < 4.78 is 5.28. The van der Waals surface area contributed by atoms with Gasteiger partial charge in [0.25, 0.3) is 0 Å². The number of esters is 1. The molecule has 0 aromatic heterocycles. The van der Waals surface area contributed by atoms with Gasteiger partial charge in [-0.2, -0.15) is 5.10 Å². The van der Waals surface area contributed by atoms with Gasteiger partial charge in [-0.25, -0.2) is 10.2 Å². The van der Waals surface area contributed by atoms with E-state index in [9.17, 15) is 14.4 Å². The first-order chi connectivity index (χ1) is 14.9. The Balaban J connectivity index is 1.51. The zero-order chi connectivity index (χ0) is 22.2. The molecule has 0 unspecified atom stereocenters. The van der Waals surface area contributed by atoms with Gasteiger partial charge in [0.15, 0.2) is 0 Å². The van der Waals surface area contributed by atoms with Gasteiger partial charge in [0, 0.05) is 15.7 Å². The third kappa shape index (κ3) is 6.67. The summed E-state index contributed by atoms with van der Waals surface area (Å²) in [5.74, 6) is -2.02. The van der Waals surface area contributed by atoms with E-state index in [4.69, 9.17) is 27.9 Å². The summed E-state index contributed by atoms with van der Waals surface area (Å²) in [6, 6.07) is 19.4. The summed E-state index contributed by atoms with van der Waals surface area (Å²) in [7, 11) is 0. The van der Waals surface area contributed by atoms with Crippen LogP contribution < -0.4 is 15.5 Å². The lowest BCUT2D eigenvalue weighted by Crippen LogP contribution is -2.32. The molecule has 9 heteroatoms. The van der Waals surface area contributed by atoms with Gasteiger partial charge in [-0.3, -0.25) is 9.59 Å². The first kappa shape index (κ1) is 22.0. The number of hydrogen-bond donors (Lipinski definition) is 2. The Bertz CT molecular complexity index is 1110. The van der Waals surface area contributed by atoms with Gasteiger partial charge in [0.1, 0.15) is 5.75 Å². The zero-order valence-electron chi connectivity index (χ0n) is 15.8. The van der Waals surface area contributed by atoms with E-state index in [0.29, 0.717) is 26.9 Å². The van der Waals surface area contributed by atoms with Crippen molar-refractivity contribution < 1.29 is 19.1 Å². The van der Waals surface area contributed by atoms with Crippen molar-refractivity contribution >= 4 is 52.9 Å². The number of hydrogen-bond acceptors (Lipinski definition) is 5. The van der Waals surface area contributed by atoms with Crippen LogP contribution in [0.25, 0.3) is 0 Å². The molecule has 3 aromatic rings. The SMILES string of the molecule is O=C(N/N=C/c1ccc(OC(=O)c2ccccc2)cc1)C(=O)Nc1cc(Cl)cc(Cl)c1. The van der Waals surface area contributed by atoms with Crippen LogP contribution in [-0.2, 0) is 9.59 Å². The molecule has 7 nitrogen and oxygen atoms in total. The summed E-state index contributed by atoms with van der Waals surface area (Å²) in [4.78, 5) is 35.8. The number of carbonyl (C=O) groups excluding carboxylic acids is 3. The van der Waals surface area contributed by atoms with Gasteiger partial charge in [0.2, 0.25) is 0 Å². The molecule has 0 spiro atoms. The third-order valence-corrected chi connectivity index (χ3v) is 4.24. The molecule has 0 atom stereocenters. The Morgan fingerprint density at radius 2 is 1.48 bits per heavy atom. The van der Waals surface area contributed by atoms with E-state index in [1.54, 1.807) is 54.6 Å². The van der Waals surface area contributed by atoms with Crippen molar-refractivity contribution in [1.82, 2.24) is 5.43 Å². The number of hydrazone groups is 1. The molecular weight excluding hydrogens is 441 g/mol. The van der Waals surface area contributed by atoms with Crippen LogP contribution in [0.5, 0.6) is 5.75 Å². The smallest absolute Gasteiger partial charge is 0.343 e. The first-order valence-electron chi connectivity index (χ1n) is 8.88. The molecular formula is C22H15Cl2N3O4. The quantitative estimate of drug-likeness (QED) is 0.197. The van der Waals surface area contributed by atoms with E-state index < -0.39 is 17.8 Å². The van der Waals surface area contributed by atoms with E-state index in [1.165, 1.54) is 24.4 Å². The van der Waals surface area contributed by atoms with Crippen LogP contribution in [0.1, 0.15) is 15.9 Å². The van der Waals surface area contributed by atoms with Crippen LogP contribution in [-0.4, -0.2) is 24.0 Å². The molecule has 0 aliphatic carbocycles. The van der Waals surface area contributed by atoms with Crippen molar-refractivity contribution in [3.63, 3.8) is 0 Å². The predicted octanol–water partition coefficient (Wildman–Crippen LogP) is 4.30. The highest BCUT2D eigenvalue weighted by molar-refractivity contribution is 6.40. The number of halogens is 2. The molecule has 0 saturated heterocycles. The van der Waals surface area contributed by atoms with Crippen molar-refractivity contribution in [2.75, 3.05) is 5.32 Å². The lowest BCUT2D eigenvalue weighted by atomic mass is 10.2. The topological polar surface area (TPSA) is 96.9 Å². The maximum absolute atomic E-state index is 12.0. The predicted molar refractivity (Wildman–Crippen MR) is 119 cm³/mol. The van der Waals surface area contributed by atoms with Crippen molar-refractivity contribution in [2.45, 2.75) is 0 Å². The average molecular weight is 456 g/mol. The van der Waals surface area contributed by atoms with E-state index >= 15 is 0 Å². The van der Waals surface area contributed by atoms with Crippen LogP contribution >= 0.6 is 23.2 Å². The standard InChI is InChI=1S/C22H15Cl2N3O4/c23-16-10-17(24)12-18(11-16)26-20(28)21(29)27-25-13-14-6-8-19(9-7-14)31-22(30)15-4-2-1-3-5-15/h1-13H,(H,26,28)(H,27,29)/b25-13+. The number of benzene rings is 3. The minimum atomic E-state index is -0.972. The molecule has 0 heterocycles. The van der Waals surface area contributed by atoms with Crippen LogP contribution in [0.3, 0.4) is 0 Å². The largest absolute Gasteiger partial charge is 0.423 e. The first-order valence-corrected chi connectivity index (χ1v) is 9.64. The van der Waals surface area contributed by atoms with Crippen LogP contribution in [0, 0.1) is 0 Å². The molecule has 0 aliphatic heterocycles. The summed E-state index contributed by atoms with van der Waals surface area (Å²) in [6.45, 7) is 0. The molecule has 2 amide bonds. The Morgan fingerprint density at radius 1 is 0.839 bits per heavy atom. The Morgan fingerprint density at radius 3 is 2.13 bits per heavy atom. The molecule has 2 N–H and O–H groups in total. The molecule has 0 fully saturated rings. The van der Waals surface area contributed by atoms with Gasteiger partial charge in [-0.05, 0) is 60.2 Å². The highest BCUT2D eigenvalue weighted by Crippen LogP contribution is 2.22. The van der Waals surface area contributed by atoms with Gasteiger partial charge < -0.3 is 10.1 Å². The average Bonchev–Trinajstić information content (AvgIpc) is 2.74. The number of anilines is 1. The molecule has 0 saturated carbocycles. The second kappa shape index (κ2) is 10.4. The second-order valence-electron chi connectivity index (χ2n) is 6.14. The van der Waals surface area contributed by atoms with Crippen molar-refractivity contribution in [1.29, 1.82) is 0 Å².